The van der Waals surface area contributed by atoms with Crippen molar-refractivity contribution in [2.24, 2.45) is 0 Å². The number of aromatic nitrogens is 1. The highest BCUT2D eigenvalue weighted by Gasteiger charge is 2.47. The van der Waals surface area contributed by atoms with Crippen LogP contribution in [-0.2, 0) is 9.84 Å². The number of hydrogen-bond donors (Lipinski definition) is 1. The van der Waals surface area contributed by atoms with Crippen molar-refractivity contribution < 1.29 is 31.4 Å². The Morgan fingerprint density at radius 1 is 1.27 bits per heavy atom. The topological polar surface area (TPSA) is 76.5 Å². The average Bonchev–Trinajstić information content (AvgIpc) is 2.62. The van der Waals surface area contributed by atoms with Gasteiger partial charge in [-0.05, 0) is 0 Å². The van der Waals surface area contributed by atoms with Gasteiger partial charge in [0.25, 0.3) is 0 Å². The van der Waals surface area contributed by atoms with Crippen molar-refractivity contribution in [1.29, 1.82) is 0 Å². The summed E-state index contributed by atoms with van der Waals surface area (Å²) in [6.45, 7) is 0. The lowest BCUT2D eigenvalue weighted by atomic mass is 9.93. The van der Waals surface area contributed by atoms with E-state index < -0.39 is 51.0 Å². The smallest absolute Gasteiger partial charge is 0.220 e. The molecule has 2 aliphatic carbocycles. The van der Waals surface area contributed by atoms with Crippen molar-refractivity contribution in [1.82, 2.24) is 4.98 Å². The number of hydrogen-bond acceptors (Lipinski definition) is 5. The Labute approximate surface area is 125 Å². The molecule has 3 rings (SSSR count). The highest BCUT2D eigenvalue weighted by atomic mass is 32.2. The molecule has 5 nitrogen and oxygen atoms in total. The molecule has 0 unspecified atom stereocenters. The maximum Gasteiger partial charge on any atom is 0.220 e. The van der Waals surface area contributed by atoms with Crippen LogP contribution in [0.25, 0.3) is 0 Å². The van der Waals surface area contributed by atoms with Gasteiger partial charge in [-0.25, -0.2) is 26.6 Å². The van der Waals surface area contributed by atoms with Gasteiger partial charge in [-0.1, -0.05) is 0 Å². The molecule has 0 saturated heterocycles. The van der Waals surface area contributed by atoms with Crippen molar-refractivity contribution in [3.05, 3.63) is 17.3 Å². The van der Waals surface area contributed by atoms with Gasteiger partial charge in [0, 0.05) is 30.9 Å². The molecule has 1 heterocycles. The number of sulfone groups is 1. The minimum Gasteiger partial charge on any atom is -0.474 e. The molecule has 0 amide bonds. The summed E-state index contributed by atoms with van der Waals surface area (Å²) in [4.78, 5) is 3.31. The Morgan fingerprint density at radius 3 is 2.45 bits per heavy atom. The van der Waals surface area contributed by atoms with Crippen molar-refractivity contribution in [2.45, 2.75) is 48.5 Å². The Morgan fingerprint density at radius 2 is 1.91 bits per heavy atom. The number of rotatable bonds is 3. The van der Waals surface area contributed by atoms with Gasteiger partial charge in [-0.2, -0.15) is 0 Å². The first-order chi connectivity index (χ1) is 10.2. The third kappa shape index (κ3) is 2.36. The van der Waals surface area contributed by atoms with Gasteiger partial charge in [-0.15, -0.1) is 0 Å². The summed E-state index contributed by atoms with van der Waals surface area (Å²) in [6.07, 6.45) is -5.97. The van der Waals surface area contributed by atoms with Crippen molar-refractivity contribution in [2.75, 3.05) is 6.26 Å². The summed E-state index contributed by atoms with van der Waals surface area (Å²) in [6, 6.07) is 0. The standard InChI is InChI=1S/C13H14F3NO4S/c1-22(19,20)7-4-17-13(21-6-2-5(14)3-6)9-8(7)12(18)11(16)10(9)15/h4-6,10-12,18H,2-3H2,1H3/t5-,6-,10-,11-,12+/m1/s1. The van der Waals surface area contributed by atoms with Gasteiger partial charge in [-0.3, -0.25) is 0 Å². The highest BCUT2D eigenvalue weighted by molar-refractivity contribution is 7.90. The Bertz CT molecular complexity index is 705. The van der Waals surface area contributed by atoms with Crippen LogP contribution in [0.1, 0.15) is 36.2 Å². The maximum absolute atomic E-state index is 14.1. The number of aliphatic hydroxyl groups excluding tert-OH is 1. The molecule has 0 radical (unpaired) electrons. The van der Waals surface area contributed by atoms with Crippen LogP contribution in [0.15, 0.2) is 11.1 Å². The van der Waals surface area contributed by atoms with Crippen LogP contribution in [0.2, 0.25) is 0 Å². The Kier molecular flexibility index (Phi) is 3.59. The van der Waals surface area contributed by atoms with Crippen LogP contribution >= 0.6 is 0 Å². The molecule has 1 fully saturated rings. The molecular formula is C13H14F3NO4S. The van der Waals surface area contributed by atoms with Gasteiger partial charge >= 0.3 is 0 Å². The van der Waals surface area contributed by atoms with Gasteiger partial charge < -0.3 is 9.84 Å². The number of alkyl halides is 3. The van der Waals surface area contributed by atoms with Crippen LogP contribution in [0.3, 0.4) is 0 Å². The van der Waals surface area contributed by atoms with E-state index in [4.69, 9.17) is 4.74 Å². The summed E-state index contributed by atoms with van der Waals surface area (Å²) >= 11 is 0. The van der Waals surface area contributed by atoms with Crippen LogP contribution in [-0.4, -0.2) is 43.2 Å². The number of pyridine rings is 1. The molecule has 0 bridgehead atoms. The maximum atomic E-state index is 14.1. The van der Waals surface area contributed by atoms with Crippen LogP contribution in [0, 0.1) is 0 Å². The predicted molar refractivity (Wildman–Crippen MR) is 69.6 cm³/mol. The second-order valence-electron chi connectivity index (χ2n) is 5.63. The predicted octanol–water partition coefficient (Wildman–Crippen LogP) is 1.76. The first kappa shape index (κ1) is 15.5. The van der Waals surface area contributed by atoms with E-state index in [0.29, 0.717) is 0 Å². The van der Waals surface area contributed by atoms with Gasteiger partial charge in [0.15, 0.2) is 22.2 Å². The summed E-state index contributed by atoms with van der Waals surface area (Å²) in [5.74, 6) is -0.286. The van der Waals surface area contributed by atoms with Crippen molar-refractivity contribution >= 4 is 9.84 Å². The second kappa shape index (κ2) is 5.09. The van der Waals surface area contributed by atoms with E-state index in [9.17, 15) is 26.7 Å². The van der Waals surface area contributed by atoms with E-state index >= 15 is 0 Å². The molecule has 22 heavy (non-hydrogen) atoms. The van der Waals surface area contributed by atoms with Crippen LogP contribution in [0.5, 0.6) is 5.88 Å². The Hall–Kier alpha value is -1.35. The third-order valence-corrected chi connectivity index (χ3v) is 5.08. The molecule has 0 spiro atoms. The van der Waals surface area contributed by atoms with Crippen molar-refractivity contribution in [3.63, 3.8) is 0 Å². The zero-order valence-corrected chi connectivity index (χ0v) is 12.4. The van der Waals surface area contributed by atoms with Gasteiger partial charge in [0.05, 0.1) is 10.5 Å². The molecule has 9 heteroatoms. The largest absolute Gasteiger partial charge is 0.474 e. The molecule has 0 aliphatic heterocycles. The number of ether oxygens (including phenoxy) is 1. The quantitative estimate of drug-likeness (QED) is 0.909. The van der Waals surface area contributed by atoms with Crippen molar-refractivity contribution in [3.8, 4) is 5.88 Å². The number of aliphatic hydroxyl groups is 1. The summed E-state index contributed by atoms with van der Waals surface area (Å²) in [7, 11) is -3.82. The van der Waals surface area contributed by atoms with E-state index in [2.05, 4.69) is 4.98 Å². The molecule has 122 valence electrons. The average molecular weight is 337 g/mol. The molecule has 1 N–H and O–H groups in total. The summed E-state index contributed by atoms with van der Waals surface area (Å²) in [5.41, 5.74) is -0.756. The highest BCUT2D eigenvalue weighted by Crippen LogP contribution is 2.49. The second-order valence-corrected chi connectivity index (χ2v) is 7.61. The lowest BCUT2D eigenvalue weighted by Gasteiger charge is -2.30. The molecule has 2 aliphatic rings. The molecule has 1 aromatic rings. The summed E-state index contributed by atoms with van der Waals surface area (Å²) < 4.78 is 69.5. The first-order valence-electron chi connectivity index (χ1n) is 6.70. The zero-order chi connectivity index (χ0) is 16.2. The third-order valence-electron chi connectivity index (χ3n) is 3.95. The van der Waals surface area contributed by atoms with Crippen LogP contribution in [0.4, 0.5) is 13.2 Å². The summed E-state index contributed by atoms with van der Waals surface area (Å²) in [5, 5.41) is 9.81. The van der Waals surface area contributed by atoms with E-state index in [1.807, 2.05) is 0 Å². The van der Waals surface area contributed by atoms with E-state index in [-0.39, 0.29) is 24.3 Å². The lowest BCUT2D eigenvalue weighted by Crippen LogP contribution is -2.35. The normalized spacial score (nSPS) is 34.1. The van der Waals surface area contributed by atoms with Crippen LogP contribution < -0.4 is 4.74 Å². The zero-order valence-electron chi connectivity index (χ0n) is 11.5. The number of halogens is 3. The Balaban J connectivity index is 2.08. The molecule has 0 aromatic carbocycles. The van der Waals surface area contributed by atoms with Gasteiger partial charge in [0.2, 0.25) is 5.88 Å². The van der Waals surface area contributed by atoms with Gasteiger partial charge in [0.1, 0.15) is 18.4 Å². The van der Waals surface area contributed by atoms with E-state index in [1.165, 1.54) is 0 Å². The molecule has 1 aromatic heterocycles. The number of nitrogens with zero attached hydrogens (tertiary/aromatic N) is 1. The SMILES string of the molecule is CS(=O)(=O)c1cnc(O[C@H]2C[C@H](F)C2)c2c1[C@H](O)[C@H](F)[C@@H]2F. The molecule has 1 saturated carbocycles. The van der Waals surface area contributed by atoms with E-state index in [0.717, 1.165) is 12.5 Å². The monoisotopic (exact) mass is 337 g/mol. The minimum absolute atomic E-state index is 0.114. The van der Waals surface area contributed by atoms with E-state index in [1.54, 1.807) is 0 Å². The minimum atomic E-state index is -3.82. The molecular weight excluding hydrogens is 323 g/mol. The lowest BCUT2D eigenvalue weighted by molar-refractivity contribution is 0.0327. The number of fused-ring (bicyclic) bond motifs is 1. The molecule has 3 atom stereocenters. The fourth-order valence-electron chi connectivity index (χ4n) is 2.70. The fourth-order valence-corrected chi connectivity index (χ4v) is 3.57. The fraction of sp³-hybridized carbons (Fsp3) is 0.615. The first-order valence-corrected chi connectivity index (χ1v) is 8.59.